The largest absolute Gasteiger partial charge is 0.384 e. The van der Waals surface area contributed by atoms with Crippen molar-refractivity contribution in [2.75, 3.05) is 46.2 Å². The van der Waals surface area contributed by atoms with E-state index in [9.17, 15) is 13.2 Å². The Morgan fingerprint density at radius 2 is 2.11 bits per heavy atom. The highest BCUT2D eigenvalue weighted by Crippen LogP contribution is 2.44. The number of sulfonamides is 1. The fourth-order valence-corrected chi connectivity index (χ4v) is 5.43. The van der Waals surface area contributed by atoms with E-state index >= 15 is 0 Å². The number of hydrogen-bond donors (Lipinski definition) is 0. The number of amides is 1. The Labute approximate surface area is 160 Å². The van der Waals surface area contributed by atoms with Crippen molar-refractivity contribution in [1.29, 1.82) is 0 Å². The number of ether oxygens (including phenoxy) is 1. The highest BCUT2D eigenvalue weighted by atomic mass is 32.2. The van der Waals surface area contributed by atoms with Crippen LogP contribution in [0.5, 0.6) is 0 Å². The molecule has 2 aliphatic heterocycles. The number of nitrogens with zero attached hydrogens (tertiary/aromatic N) is 3. The number of fused-ring (bicyclic) bond motifs is 1. The van der Waals surface area contributed by atoms with Gasteiger partial charge in [-0.1, -0.05) is 5.16 Å². The number of piperidine rings is 1. The first-order valence-corrected chi connectivity index (χ1v) is 11.1. The topological polar surface area (TPSA) is 92.9 Å². The molecule has 2 aliphatic rings. The summed E-state index contributed by atoms with van der Waals surface area (Å²) in [5.74, 6) is 0.959. The minimum Gasteiger partial charge on any atom is -0.384 e. The summed E-state index contributed by atoms with van der Waals surface area (Å²) in [6, 6.07) is 0. The van der Waals surface area contributed by atoms with Crippen LogP contribution in [0.1, 0.15) is 29.9 Å². The average Bonchev–Trinajstić information content (AvgIpc) is 3.13. The summed E-state index contributed by atoms with van der Waals surface area (Å²) < 4.78 is 36.2. The van der Waals surface area contributed by atoms with Gasteiger partial charge in [-0.2, -0.15) is 0 Å². The van der Waals surface area contributed by atoms with Crippen LogP contribution in [0, 0.1) is 25.2 Å². The van der Waals surface area contributed by atoms with Crippen molar-refractivity contribution in [3.05, 3.63) is 17.0 Å². The van der Waals surface area contributed by atoms with Crippen LogP contribution in [0.25, 0.3) is 0 Å². The van der Waals surface area contributed by atoms with Gasteiger partial charge in [-0.05, 0) is 32.6 Å². The smallest absolute Gasteiger partial charge is 0.222 e. The number of aryl methyl sites for hydroxylation is 2. The van der Waals surface area contributed by atoms with Gasteiger partial charge in [-0.25, -0.2) is 12.7 Å². The molecule has 0 aliphatic carbocycles. The molecule has 8 nitrogen and oxygen atoms in total. The number of carbonyl (C=O) groups is 1. The first-order valence-electron chi connectivity index (χ1n) is 9.30. The number of aromatic nitrogens is 1. The summed E-state index contributed by atoms with van der Waals surface area (Å²) in [6.45, 7) is 6.41. The Kier molecular flexibility index (Phi) is 5.65. The molecule has 3 heterocycles. The Hall–Kier alpha value is -1.45. The second-order valence-electron chi connectivity index (χ2n) is 7.94. The molecule has 0 saturated carbocycles. The van der Waals surface area contributed by atoms with Gasteiger partial charge in [0.25, 0.3) is 0 Å². The van der Waals surface area contributed by atoms with E-state index in [0.717, 1.165) is 23.4 Å². The molecule has 152 valence electrons. The molecule has 2 fully saturated rings. The molecule has 0 bridgehead atoms. The van der Waals surface area contributed by atoms with Gasteiger partial charge in [-0.15, -0.1) is 0 Å². The zero-order valence-electron chi connectivity index (χ0n) is 16.5. The molecule has 2 saturated heterocycles. The number of methoxy groups -OCH3 is 1. The van der Waals surface area contributed by atoms with Crippen LogP contribution in [-0.2, 0) is 26.0 Å². The van der Waals surface area contributed by atoms with Crippen molar-refractivity contribution in [2.45, 2.75) is 33.1 Å². The maximum atomic E-state index is 12.8. The Morgan fingerprint density at radius 3 is 2.70 bits per heavy atom. The van der Waals surface area contributed by atoms with Crippen LogP contribution < -0.4 is 0 Å². The zero-order chi connectivity index (χ0) is 19.8. The highest BCUT2D eigenvalue weighted by molar-refractivity contribution is 7.88. The summed E-state index contributed by atoms with van der Waals surface area (Å²) in [6.07, 6.45) is 3.02. The Balaban J connectivity index is 1.66. The molecule has 3 rings (SSSR count). The van der Waals surface area contributed by atoms with E-state index in [1.807, 2.05) is 18.7 Å². The molecule has 0 spiro atoms. The van der Waals surface area contributed by atoms with Gasteiger partial charge in [0.2, 0.25) is 15.9 Å². The second kappa shape index (κ2) is 7.52. The number of likely N-dealkylation sites (tertiary alicyclic amines) is 1. The third-order valence-corrected chi connectivity index (χ3v) is 7.34. The second-order valence-corrected chi connectivity index (χ2v) is 9.92. The quantitative estimate of drug-likeness (QED) is 0.708. The van der Waals surface area contributed by atoms with E-state index in [2.05, 4.69) is 5.16 Å². The lowest BCUT2D eigenvalue weighted by atomic mass is 9.73. The van der Waals surface area contributed by atoms with Gasteiger partial charge in [0.1, 0.15) is 5.76 Å². The van der Waals surface area contributed by atoms with Gasteiger partial charge >= 0.3 is 0 Å². The average molecular weight is 400 g/mol. The third kappa shape index (κ3) is 4.05. The predicted octanol–water partition coefficient (Wildman–Crippen LogP) is 0.981. The lowest BCUT2D eigenvalue weighted by Crippen LogP contribution is -2.50. The minimum atomic E-state index is -3.25. The van der Waals surface area contributed by atoms with Gasteiger partial charge in [-0.3, -0.25) is 4.79 Å². The zero-order valence-corrected chi connectivity index (χ0v) is 17.3. The molecule has 0 aromatic carbocycles. The Morgan fingerprint density at radius 1 is 1.37 bits per heavy atom. The summed E-state index contributed by atoms with van der Waals surface area (Å²) in [5, 5.41) is 3.93. The lowest BCUT2D eigenvalue weighted by molar-refractivity contribution is -0.135. The number of carbonyl (C=O) groups excluding carboxylic acids is 1. The summed E-state index contributed by atoms with van der Waals surface area (Å²) >= 11 is 0. The van der Waals surface area contributed by atoms with Crippen LogP contribution >= 0.6 is 0 Å². The van der Waals surface area contributed by atoms with Gasteiger partial charge in [0.05, 0.1) is 18.6 Å². The molecule has 1 aromatic heterocycles. The molecular formula is C18H29N3O5S. The van der Waals surface area contributed by atoms with E-state index in [-0.39, 0.29) is 17.2 Å². The van der Waals surface area contributed by atoms with Crippen LogP contribution in [0.4, 0.5) is 0 Å². The first-order chi connectivity index (χ1) is 12.7. The van der Waals surface area contributed by atoms with E-state index < -0.39 is 10.0 Å². The predicted molar refractivity (Wildman–Crippen MR) is 99.7 cm³/mol. The standard InChI is InChI=1S/C18H29N3O5S/c1-13-16(14(2)26-19-13)5-6-17(22)20-8-7-18(12-25-3)11-21(27(4,23)24)10-15(18)9-20/h15H,5-12H2,1-4H3/t15-,18+/m1/s1. The molecule has 0 unspecified atom stereocenters. The van der Waals surface area contributed by atoms with Crippen LogP contribution in [0.3, 0.4) is 0 Å². The molecular weight excluding hydrogens is 370 g/mol. The van der Waals surface area contributed by atoms with Crippen LogP contribution in [0.15, 0.2) is 4.52 Å². The molecule has 1 amide bonds. The van der Waals surface area contributed by atoms with Crippen LogP contribution in [0.2, 0.25) is 0 Å². The van der Waals surface area contributed by atoms with E-state index in [1.54, 1.807) is 7.11 Å². The number of hydrogen-bond acceptors (Lipinski definition) is 6. The minimum absolute atomic E-state index is 0.0961. The van der Waals surface area contributed by atoms with Gasteiger partial charge in [0.15, 0.2) is 0 Å². The van der Waals surface area contributed by atoms with Crippen molar-refractivity contribution in [2.24, 2.45) is 11.3 Å². The maximum absolute atomic E-state index is 12.8. The molecule has 27 heavy (non-hydrogen) atoms. The fraction of sp³-hybridized carbons (Fsp3) is 0.778. The van der Waals surface area contributed by atoms with Crippen molar-refractivity contribution in [3.8, 4) is 0 Å². The number of rotatable bonds is 6. The van der Waals surface area contributed by atoms with E-state index in [0.29, 0.717) is 45.6 Å². The van der Waals surface area contributed by atoms with Gasteiger partial charge in [0, 0.05) is 50.7 Å². The first kappa shape index (κ1) is 20.3. The van der Waals surface area contributed by atoms with Crippen molar-refractivity contribution >= 4 is 15.9 Å². The summed E-state index contributed by atoms with van der Waals surface area (Å²) in [5.41, 5.74) is 1.63. The Bertz CT molecular complexity index is 786. The molecule has 1 aromatic rings. The molecule has 0 N–H and O–H groups in total. The summed E-state index contributed by atoms with van der Waals surface area (Å²) in [4.78, 5) is 14.6. The third-order valence-electron chi connectivity index (χ3n) is 6.13. The van der Waals surface area contributed by atoms with Crippen molar-refractivity contribution < 1.29 is 22.5 Å². The fourth-order valence-electron chi connectivity index (χ4n) is 4.48. The van der Waals surface area contributed by atoms with E-state index in [4.69, 9.17) is 9.26 Å². The highest BCUT2D eigenvalue weighted by Gasteiger charge is 2.52. The molecule has 2 atom stereocenters. The molecule has 0 radical (unpaired) electrons. The van der Waals surface area contributed by atoms with Gasteiger partial charge < -0.3 is 14.2 Å². The summed E-state index contributed by atoms with van der Waals surface area (Å²) in [7, 11) is -1.60. The monoisotopic (exact) mass is 399 g/mol. The molecule has 9 heteroatoms. The van der Waals surface area contributed by atoms with E-state index in [1.165, 1.54) is 10.6 Å². The lowest BCUT2D eigenvalue weighted by Gasteiger charge is -2.43. The van der Waals surface area contributed by atoms with Crippen molar-refractivity contribution in [1.82, 2.24) is 14.4 Å². The van der Waals surface area contributed by atoms with Crippen molar-refractivity contribution in [3.63, 3.8) is 0 Å². The van der Waals surface area contributed by atoms with Crippen LogP contribution in [-0.4, -0.2) is 74.8 Å². The SMILES string of the molecule is COC[C@@]12CCN(C(=O)CCc3c(C)noc3C)C[C@@H]1CN(S(C)(=O)=O)C2. The normalized spacial score (nSPS) is 26.4. The maximum Gasteiger partial charge on any atom is 0.222 e.